The van der Waals surface area contributed by atoms with Gasteiger partial charge in [0, 0.05) is 11.6 Å². The van der Waals surface area contributed by atoms with Gasteiger partial charge in [0.2, 0.25) is 5.88 Å². The van der Waals surface area contributed by atoms with E-state index >= 15 is 0 Å². The Hall–Kier alpha value is -1.42. The molecule has 0 unspecified atom stereocenters. The standard InChI is InChI=1S/C15H17BrN2O/c1-10-17-13(16)9-14(18-10)19-12-8-6-5-7-11(12)15(2,3)4/h5-9H,1-4H3. The van der Waals surface area contributed by atoms with Crippen LogP contribution in [0.25, 0.3) is 0 Å². The van der Waals surface area contributed by atoms with Crippen LogP contribution < -0.4 is 4.74 Å². The summed E-state index contributed by atoms with van der Waals surface area (Å²) in [6, 6.07) is 9.80. The van der Waals surface area contributed by atoms with Crippen molar-refractivity contribution >= 4 is 15.9 Å². The van der Waals surface area contributed by atoms with E-state index in [0.29, 0.717) is 11.7 Å². The summed E-state index contributed by atoms with van der Waals surface area (Å²) in [5.74, 6) is 2.06. The van der Waals surface area contributed by atoms with E-state index in [1.165, 1.54) is 0 Å². The molecule has 4 heteroatoms. The van der Waals surface area contributed by atoms with Crippen LogP contribution in [0.3, 0.4) is 0 Å². The smallest absolute Gasteiger partial charge is 0.223 e. The molecule has 0 amide bonds. The highest BCUT2D eigenvalue weighted by Gasteiger charge is 2.19. The van der Waals surface area contributed by atoms with Gasteiger partial charge in [-0.2, -0.15) is 4.98 Å². The number of nitrogens with zero attached hydrogens (tertiary/aromatic N) is 2. The van der Waals surface area contributed by atoms with Gasteiger partial charge in [-0.15, -0.1) is 0 Å². The second-order valence-electron chi connectivity index (χ2n) is 5.42. The summed E-state index contributed by atoms with van der Waals surface area (Å²) >= 11 is 3.35. The second-order valence-corrected chi connectivity index (χ2v) is 6.24. The summed E-state index contributed by atoms with van der Waals surface area (Å²) in [5, 5.41) is 0. The van der Waals surface area contributed by atoms with Crippen molar-refractivity contribution in [2.45, 2.75) is 33.1 Å². The summed E-state index contributed by atoms with van der Waals surface area (Å²) in [6.45, 7) is 8.33. The third kappa shape index (κ3) is 3.53. The average molecular weight is 321 g/mol. The first-order valence-corrected chi connectivity index (χ1v) is 6.94. The molecule has 19 heavy (non-hydrogen) atoms. The first kappa shape index (κ1) is 14.0. The second kappa shape index (κ2) is 5.29. The monoisotopic (exact) mass is 320 g/mol. The minimum atomic E-state index is 0.0237. The number of rotatable bonds is 2. The number of hydrogen-bond donors (Lipinski definition) is 0. The molecule has 0 atom stereocenters. The van der Waals surface area contributed by atoms with Crippen molar-refractivity contribution in [1.82, 2.24) is 9.97 Å². The maximum Gasteiger partial charge on any atom is 0.223 e. The maximum absolute atomic E-state index is 5.92. The Morgan fingerprint density at radius 2 is 1.79 bits per heavy atom. The Morgan fingerprint density at radius 1 is 1.11 bits per heavy atom. The highest BCUT2D eigenvalue weighted by molar-refractivity contribution is 9.10. The zero-order valence-corrected chi connectivity index (χ0v) is 13.2. The fraction of sp³-hybridized carbons (Fsp3) is 0.333. The molecule has 1 aromatic carbocycles. The molecule has 0 spiro atoms. The van der Waals surface area contributed by atoms with Crippen LogP contribution in [0.2, 0.25) is 0 Å². The third-order valence-electron chi connectivity index (χ3n) is 2.69. The first-order chi connectivity index (χ1) is 8.86. The predicted molar refractivity (Wildman–Crippen MR) is 79.7 cm³/mol. The number of ether oxygens (including phenoxy) is 1. The lowest BCUT2D eigenvalue weighted by molar-refractivity contribution is 0.437. The van der Waals surface area contributed by atoms with Crippen molar-refractivity contribution in [1.29, 1.82) is 0 Å². The molecule has 0 aliphatic carbocycles. The van der Waals surface area contributed by atoms with E-state index in [2.05, 4.69) is 52.7 Å². The van der Waals surface area contributed by atoms with Crippen LogP contribution in [0.15, 0.2) is 34.9 Å². The van der Waals surface area contributed by atoms with Gasteiger partial charge in [-0.25, -0.2) is 4.98 Å². The fourth-order valence-corrected chi connectivity index (χ4v) is 2.30. The van der Waals surface area contributed by atoms with E-state index in [1.54, 1.807) is 6.07 Å². The molecular formula is C15H17BrN2O. The SMILES string of the molecule is Cc1nc(Br)cc(Oc2ccccc2C(C)(C)C)n1. The Bertz CT molecular complexity index is 571. The van der Waals surface area contributed by atoms with Crippen molar-refractivity contribution in [3.8, 4) is 11.6 Å². The topological polar surface area (TPSA) is 35.0 Å². The maximum atomic E-state index is 5.92. The molecule has 0 aliphatic heterocycles. The van der Waals surface area contributed by atoms with Gasteiger partial charge in [-0.05, 0) is 34.3 Å². The van der Waals surface area contributed by atoms with Gasteiger partial charge in [0.1, 0.15) is 16.2 Å². The van der Waals surface area contributed by atoms with Crippen LogP contribution in [-0.4, -0.2) is 9.97 Å². The van der Waals surface area contributed by atoms with Gasteiger partial charge in [0.15, 0.2) is 0 Å². The predicted octanol–water partition coefficient (Wildman–Crippen LogP) is 4.64. The summed E-state index contributed by atoms with van der Waals surface area (Å²) < 4.78 is 6.64. The Kier molecular flexibility index (Phi) is 3.90. The Balaban J connectivity index is 2.38. The minimum Gasteiger partial charge on any atom is -0.439 e. The van der Waals surface area contributed by atoms with Crippen molar-refractivity contribution in [3.05, 3.63) is 46.3 Å². The highest BCUT2D eigenvalue weighted by atomic mass is 79.9. The number of aryl methyl sites for hydroxylation is 1. The normalized spacial score (nSPS) is 11.4. The van der Waals surface area contributed by atoms with E-state index in [4.69, 9.17) is 4.74 Å². The van der Waals surface area contributed by atoms with Crippen LogP contribution in [0, 0.1) is 6.92 Å². The molecule has 0 bridgehead atoms. The van der Waals surface area contributed by atoms with Crippen LogP contribution in [0.5, 0.6) is 11.6 Å². The molecule has 2 aromatic rings. The van der Waals surface area contributed by atoms with Crippen molar-refractivity contribution in [2.24, 2.45) is 0 Å². The van der Waals surface area contributed by atoms with Gasteiger partial charge in [0.25, 0.3) is 0 Å². The van der Waals surface area contributed by atoms with Crippen LogP contribution in [0.1, 0.15) is 32.2 Å². The van der Waals surface area contributed by atoms with Crippen molar-refractivity contribution < 1.29 is 4.74 Å². The van der Waals surface area contributed by atoms with Crippen LogP contribution in [0.4, 0.5) is 0 Å². The molecule has 0 radical (unpaired) electrons. The van der Waals surface area contributed by atoms with Crippen molar-refractivity contribution in [2.75, 3.05) is 0 Å². The fourth-order valence-electron chi connectivity index (χ4n) is 1.85. The molecule has 100 valence electrons. The lowest BCUT2D eigenvalue weighted by atomic mass is 9.86. The van der Waals surface area contributed by atoms with E-state index < -0.39 is 0 Å². The first-order valence-electron chi connectivity index (χ1n) is 6.15. The van der Waals surface area contributed by atoms with E-state index in [9.17, 15) is 0 Å². The number of para-hydroxylation sites is 1. The molecule has 0 saturated heterocycles. The summed E-state index contributed by atoms with van der Waals surface area (Å²) in [5.41, 5.74) is 1.18. The van der Waals surface area contributed by atoms with Crippen molar-refractivity contribution in [3.63, 3.8) is 0 Å². The van der Waals surface area contributed by atoms with E-state index in [1.807, 2.05) is 25.1 Å². The average Bonchev–Trinajstić information content (AvgIpc) is 2.26. The number of hydrogen-bond acceptors (Lipinski definition) is 3. The Morgan fingerprint density at radius 3 is 2.42 bits per heavy atom. The van der Waals surface area contributed by atoms with Crippen LogP contribution in [-0.2, 0) is 5.41 Å². The number of benzene rings is 1. The van der Waals surface area contributed by atoms with Gasteiger partial charge >= 0.3 is 0 Å². The molecule has 1 aromatic heterocycles. The summed E-state index contributed by atoms with van der Waals surface area (Å²) in [4.78, 5) is 8.46. The van der Waals surface area contributed by atoms with Crippen LogP contribution >= 0.6 is 15.9 Å². The number of aromatic nitrogens is 2. The summed E-state index contributed by atoms with van der Waals surface area (Å²) in [7, 11) is 0. The third-order valence-corrected chi connectivity index (χ3v) is 3.10. The van der Waals surface area contributed by atoms with Gasteiger partial charge in [0.05, 0.1) is 0 Å². The highest BCUT2D eigenvalue weighted by Crippen LogP contribution is 2.33. The van der Waals surface area contributed by atoms with Gasteiger partial charge < -0.3 is 4.74 Å². The molecule has 0 fully saturated rings. The number of halogens is 1. The molecule has 0 saturated carbocycles. The molecule has 0 N–H and O–H groups in total. The van der Waals surface area contributed by atoms with Gasteiger partial charge in [-0.1, -0.05) is 39.0 Å². The van der Waals surface area contributed by atoms with E-state index in [0.717, 1.165) is 15.9 Å². The van der Waals surface area contributed by atoms with E-state index in [-0.39, 0.29) is 5.41 Å². The minimum absolute atomic E-state index is 0.0237. The van der Waals surface area contributed by atoms with Gasteiger partial charge in [-0.3, -0.25) is 0 Å². The largest absolute Gasteiger partial charge is 0.439 e. The molecule has 2 rings (SSSR count). The molecule has 3 nitrogen and oxygen atoms in total. The zero-order valence-electron chi connectivity index (χ0n) is 11.6. The lowest BCUT2D eigenvalue weighted by Crippen LogP contribution is -2.12. The molecule has 0 aliphatic rings. The Labute approximate surface area is 122 Å². The zero-order chi connectivity index (χ0) is 14.0. The quantitative estimate of drug-likeness (QED) is 0.756. The summed E-state index contributed by atoms with van der Waals surface area (Å²) in [6.07, 6.45) is 0. The molecule has 1 heterocycles. The lowest BCUT2D eigenvalue weighted by Gasteiger charge is -2.22. The molecular weight excluding hydrogens is 304 g/mol.